The van der Waals surface area contributed by atoms with E-state index in [4.69, 9.17) is 21.1 Å². The van der Waals surface area contributed by atoms with E-state index in [0.29, 0.717) is 23.7 Å². The van der Waals surface area contributed by atoms with E-state index in [-0.39, 0.29) is 25.0 Å². The average Bonchev–Trinajstić information content (AvgIpc) is 2.72. The van der Waals surface area contributed by atoms with Gasteiger partial charge in [-0.25, -0.2) is 0 Å². The lowest BCUT2D eigenvalue weighted by atomic mass is 10.1. The number of rotatable bonds is 10. The van der Waals surface area contributed by atoms with Crippen molar-refractivity contribution in [2.75, 3.05) is 20.3 Å². The number of amides is 2. The van der Waals surface area contributed by atoms with Crippen LogP contribution in [0.15, 0.2) is 48.5 Å². The summed E-state index contributed by atoms with van der Waals surface area (Å²) in [7, 11) is 1.60. The van der Waals surface area contributed by atoms with E-state index in [9.17, 15) is 9.59 Å². The van der Waals surface area contributed by atoms with Gasteiger partial charge in [0.2, 0.25) is 5.91 Å². The number of halogens is 1. The first-order valence-corrected chi connectivity index (χ1v) is 9.94. The maximum absolute atomic E-state index is 13.0. The fourth-order valence-electron chi connectivity index (χ4n) is 2.92. The van der Waals surface area contributed by atoms with Crippen LogP contribution in [-0.4, -0.2) is 43.0 Å². The molecule has 7 heteroatoms. The van der Waals surface area contributed by atoms with Gasteiger partial charge in [0.25, 0.3) is 5.91 Å². The number of carbonyl (C=O) groups excluding carboxylic acids is 2. The average molecular weight is 419 g/mol. The Balaban J connectivity index is 2.18. The lowest BCUT2D eigenvalue weighted by molar-refractivity contribution is -0.142. The van der Waals surface area contributed by atoms with Crippen molar-refractivity contribution >= 4 is 23.4 Å². The number of benzene rings is 2. The summed E-state index contributed by atoms with van der Waals surface area (Å²) >= 11 is 5.97. The van der Waals surface area contributed by atoms with Crippen LogP contribution in [0.4, 0.5) is 0 Å². The highest BCUT2D eigenvalue weighted by molar-refractivity contribution is 6.30. The van der Waals surface area contributed by atoms with Crippen molar-refractivity contribution in [3.63, 3.8) is 0 Å². The van der Waals surface area contributed by atoms with Crippen LogP contribution < -0.4 is 14.8 Å². The van der Waals surface area contributed by atoms with Crippen LogP contribution in [0.25, 0.3) is 0 Å². The number of carbonyl (C=O) groups is 2. The molecule has 0 fully saturated rings. The van der Waals surface area contributed by atoms with Gasteiger partial charge in [0, 0.05) is 18.1 Å². The Morgan fingerprint density at radius 2 is 1.83 bits per heavy atom. The highest BCUT2D eigenvalue weighted by Crippen LogP contribution is 2.19. The van der Waals surface area contributed by atoms with E-state index in [1.54, 1.807) is 36.3 Å². The molecule has 0 saturated heterocycles. The summed E-state index contributed by atoms with van der Waals surface area (Å²) in [4.78, 5) is 27.1. The van der Waals surface area contributed by atoms with E-state index < -0.39 is 6.04 Å². The molecule has 29 heavy (non-hydrogen) atoms. The summed E-state index contributed by atoms with van der Waals surface area (Å²) in [5, 5.41) is 3.33. The number of hydrogen-bond donors (Lipinski definition) is 1. The van der Waals surface area contributed by atoms with Gasteiger partial charge >= 0.3 is 0 Å². The van der Waals surface area contributed by atoms with Gasteiger partial charge in [0.05, 0.1) is 7.11 Å². The van der Waals surface area contributed by atoms with Gasteiger partial charge in [-0.1, -0.05) is 36.7 Å². The summed E-state index contributed by atoms with van der Waals surface area (Å²) in [5.41, 5.74) is 0.893. The largest absolute Gasteiger partial charge is 0.497 e. The van der Waals surface area contributed by atoms with Crippen LogP contribution in [-0.2, 0) is 16.1 Å². The zero-order chi connectivity index (χ0) is 21.2. The molecule has 0 unspecified atom stereocenters. The molecule has 0 aliphatic rings. The quantitative estimate of drug-likeness (QED) is 0.639. The molecular weight excluding hydrogens is 392 g/mol. The van der Waals surface area contributed by atoms with Gasteiger partial charge in [0.15, 0.2) is 6.61 Å². The predicted octanol–water partition coefficient (Wildman–Crippen LogP) is 3.67. The monoisotopic (exact) mass is 418 g/mol. The van der Waals surface area contributed by atoms with Crippen LogP contribution in [0.3, 0.4) is 0 Å². The number of likely N-dealkylation sites (N-methyl/N-ethyl adjacent to an activating group) is 1. The normalized spacial score (nSPS) is 11.4. The van der Waals surface area contributed by atoms with Gasteiger partial charge in [-0.3, -0.25) is 9.59 Å². The summed E-state index contributed by atoms with van der Waals surface area (Å²) in [6.45, 7) is 4.33. The molecule has 156 valence electrons. The van der Waals surface area contributed by atoms with Crippen molar-refractivity contribution in [2.24, 2.45) is 0 Å². The molecule has 6 nitrogen and oxygen atoms in total. The Morgan fingerprint density at radius 1 is 1.10 bits per heavy atom. The lowest BCUT2D eigenvalue weighted by Gasteiger charge is -2.30. The van der Waals surface area contributed by atoms with Crippen molar-refractivity contribution < 1.29 is 19.1 Å². The van der Waals surface area contributed by atoms with Gasteiger partial charge in [0.1, 0.15) is 17.5 Å². The van der Waals surface area contributed by atoms with Gasteiger partial charge in [-0.2, -0.15) is 0 Å². The smallest absolute Gasteiger partial charge is 0.261 e. The van der Waals surface area contributed by atoms with E-state index >= 15 is 0 Å². The highest BCUT2D eigenvalue weighted by atomic mass is 35.5. The van der Waals surface area contributed by atoms with Crippen molar-refractivity contribution in [1.29, 1.82) is 0 Å². The maximum atomic E-state index is 13.0. The molecule has 0 heterocycles. The third-order valence-corrected chi connectivity index (χ3v) is 4.64. The molecule has 0 spiro atoms. The number of ether oxygens (including phenoxy) is 2. The third kappa shape index (κ3) is 6.68. The molecule has 0 aliphatic heterocycles. The van der Waals surface area contributed by atoms with Crippen LogP contribution in [0.2, 0.25) is 5.02 Å². The summed E-state index contributed by atoms with van der Waals surface area (Å²) in [6.07, 6.45) is 0.491. The van der Waals surface area contributed by atoms with E-state index in [1.807, 2.05) is 38.1 Å². The minimum atomic E-state index is -0.590. The third-order valence-electron chi connectivity index (χ3n) is 4.41. The van der Waals surface area contributed by atoms with Crippen LogP contribution in [0.1, 0.15) is 25.8 Å². The molecule has 2 aromatic rings. The Hall–Kier alpha value is -2.73. The van der Waals surface area contributed by atoms with Crippen LogP contribution in [0, 0.1) is 0 Å². The molecule has 1 atom stereocenters. The molecule has 2 rings (SSSR count). The second-order valence-electron chi connectivity index (χ2n) is 6.43. The maximum Gasteiger partial charge on any atom is 0.261 e. The second kappa shape index (κ2) is 11.3. The molecule has 0 bridgehead atoms. The van der Waals surface area contributed by atoms with Crippen LogP contribution in [0.5, 0.6) is 11.5 Å². The molecule has 0 aromatic heterocycles. The van der Waals surface area contributed by atoms with Crippen molar-refractivity contribution in [1.82, 2.24) is 10.2 Å². The standard InChI is InChI=1S/C22H27ClN2O4/c1-4-20(22(27)24-5-2)25(14-16-9-11-18(28-3)12-10-16)21(26)15-29-19-8-6-7-17(23)13-19/h6-13,20H,4-5,14-15H2,1-3H3,(H,24,27)/t20-/m1/s1. The topological polar surface area (TPSA) is 67.9 Å². The number of methoxy groups -OCH3 is 1. The zero-order valence-electron chi connectivity index (χ0n) is 17.0. The summed E-state index contributed by atoms with van der Waals surface area (Å²) < 4.78 is 10.8. The minimum Gasteiger partial charge on any atom is -0.497 e. The fourth-order valence-corrected chi connectivity index (χ4v) is 3.10. The van der Waals surface area contributed by atoms with Crippen molar-refractivity contribution in [2.45, 2.75) is 32.9 Å². The van der Waals surface area contributed by atoms with Gasteiger partial charge in [-0.15, -0.1) is 0 Å². The summed E-state index contributed by atoms with van der Waals surface area (Å²) in [6, 6.07) is 13.7. The number of hydrogen-bond acceptors (Lipinski definition) is 4. The highest BCUT2D eigenvalue weighted by Gasteiger charge is 2.28. The molecule has 1 N–H and O–H groups in total. The number of nitrogens with one attached hydrogen (secondary N) is 1. The molecule has 0 saturated carbocycles. The van der Waals surface area contributed by atoms with E-state index in [1.165, 1.54) is 0 Å². The SMILES string of the molecule is CCNC(=O)[C@@H](CC)N(Cc1ccc(OC)cc1)C(=O)COc1cccc(Cl)c1. The Morgan fingerprint density at radius 3 is 2.41 bits per heavy atom. The predicted molar refractivity (Wildman–Crippen MR) is 113 cm³/mol. The number of nitrogens with zero attached hydrogens (tertiary/aromatic N) is 1. The minimum absolute atomic E-state index is 0.181. The Kier molecular flexibility index (Phi) is 8.80. The fraction of sp³-hybridized carbons (Fsp3) is 0.364. The second-order valence-corrected chi connectivity index (χ2v) is 6.87. The van der Waals surface area contributed by atoms with Gasteiger partial charge < -0.3 is 19.7 Å². The first-order valence-electron chi connectivity index (χ1n) is 9.56. The van der Waals surface area contributed by atoms with Crippen LogP contribution >= 0.6 is 11.6 Å². The van der Waals surface area contributed by atoms with E-state index in [2.05, 4.69) is 5.32 Å². The Bertz CT molecular complexity index is 811. The first kappa shape index (κ1) is 22.6. The van der Waals surface area contributed by atoms with E-state index in [0.717, 1.165) is 11.3 Å². The lowest BCUT2D eigenvalue weighted by Crippen LogP contribution is -2.50. The molecule has 0 radical (unpaired) electrons. The molecular formula is C22H27ClN2O4. The van der Waals surface area contributed by atoms with Gasteiger partial charge in [-0.05, 0) is 49.2 Å². The molecule has 2 amide bonds. The zero-order valence-corrected chi connectivity index (χ0v) is 17.7. The van der Waals surface area contributed by atoms with Crippen molar-refractivity contribution in [3.8, 4) is 11.5 Å². The van der Waals surface area contributed by atoms with Crippen molar-refractivity contribution in [3.05, 3.63) is 59.1 Å². The summed E-state index contributed by atoms with van der Waals surface area (Å²) in [5.74, 6) is 0.770. The Labute approximate surface area is 176 Å². The molecule has 2 aromatic carbocycles. The molecule has 0 aliphatic carbocycles. The first-order chi connectivity index (χ1) is 14.0.